The van der Waals surface area contributed by atoms with Crippen molar-refractivity contribution < 1.29 is 19.1 Å². The molecular weight excluding hydrogens is 306 g/mol. The Balaban J connectivity index is 1.86. The van der Waals surface area contributed by atoms with E-state index in [0.717, 1.165) is 5.56 Å². The topological polar surface area (TPSA) is 73.3 Å². The van der Waals surface area contributed by atoms with Gasteiger partial charge in [-0.05, 0) is 23.7 Å². The van der Waals surface area contributed by atoms with Crippen LogP contribution < -0.4 is 9.79 Å². The third kappa shape index (κ3) is 3.12. The molecule has 0 aliphatic heterocycles. The molecule has 0 saturated carbocycles. The Morgan fingerprint density at radius 2 is 1.96 bits per heavy atom. The first-order valence-electron chi connectivity index (χ1n) is 7.51. The highest BCUT2D eigenvalue weighted by Crippen LogP contribution is 2.14. The summed E-state index contributed by atoms with van der Waals surface area (Å²) in [5.41, 5.74) is 2.58. The predicted molar refractivity (Wildman–Crippen MR) is 84.5 cm³/mol. The van der Waals surface area contributed by atoms with Crippen LogP contribution in [0, 0.1) is 6.92 Å². The number of aryl methyl sites for hydroxylation is 1. The molecule has 24 heavy (non-hydrogen) atoms. The van der Waals surface area contributed by atoms with Gasteiger partial charge in [-0.25, -0.2) is 0 Å². The molecule has 0 fully saturated rings. The van der Waals surface area contributed by atoms with Gasteiger partial charge in [0.05, 0.1) is 5.27 Å². The van der Waals surface area contributed by atoms with Crippen molar-refractivity contribution >= 4 is 5.91 Å². The van der Waals surface area contributed by atoms with E-state index < -0.39 is 5.95 Å². The van der Waals surface area contributed by atoms with Crippen molar-refractivity contribution in [2.75, 3.05) is 7.05 Å². The number of para-hydroxylation sites is 1. The first-order chi connectivity index (χ1) is 11.6. The second kappa shape index (κ2) is 6.54. The van der Waals surface area contributed by atoms with Crippen LogP contribution in [-0.4, -0.2) is 23.1 Å². The minimum atomic E-state index is -0.553. The van der Waals surface area contributed by atoms with E-state index in [0.29, 0.717) is 16.9 Å². The van der Waals surface area contributed by atoms with Crippen LogP contribution >= 0.6 is 0 Å². The van der Waals surface area contributed by atoms with Crippen molar-refractivity contribution in [3.8, 4) is 11.6 Å². The highest BCUT2D eigenvalue weighted by atomic mass is 16.6. The van der Waals surface area contributed by atoms with Crippen molar-refractivity contribution in [2.24, 2.45) is 0 Å². The summed E-state index contributed by atoms with van der Waals surface area (Å²) < 4.78 is 6.19. The van der Waals surface area contributed by atoms with Crippen molar-refractivity contribution in [3.63, 3.8) is 0 Å². The molecule has 6 heteroatoms. The average Bonchev–Trinajstić information content (AvgIpc) is 2.95. The van der Waals surface area contributed by atoms with Crippen LogP contribution in [0.1, 0.15) is 21.6 Å². The van der Waals surface area contributed by atoms with E-state index in [1.807, 2.05) is 55.5 Å². The van der Waals surface area contributed by atoms with Gasteiger partial charge in [-0.15, -0.1) is 0 Å². The van der Waals surface area contributed by atoms with Crippen LogP contribution in [0.3, 0.4) is 0 Å². The highest BCUT2D eigenvalue weighted by Gasteiger charge is 2.24. The second-order valence-corrected chi connectivity index (χ2v) is 5.59. The minimum absolute atomic E-state index is 0.101. The zero-order chi connectivity index (χ0) is 17.1. The molecule has 1 aromatic heterocycles. The maximum atomic E-state index is 12.5. The molecule has 122 valence electrons. The standard InChI is InChI=1S/C18H17N3O3/c1-13-7-6-8-14(11-13)17(22)20(2)12-16-18(23)24-19-21(16)15-9-4-3-5-10-15/h3-11H,12H2,1-2H3. The molecule has 0 N–H and O–H groups in total. The van der Waals surface area contributed by atoms with E-state index in [4.69, 9.17) is 4.52 Å². The molecule has 0 aliphatic carbocycles. The van der Waals surface area contributed by atoms with Crippen LogP contribution in [0.5, 0.6) is 5.95 Å². The van der Waals surface area contributed by atoms with Gasteiger partial charge < -0.3 is 14.5 Å². The molecular formula is C18H17N3O3. The molecule has 0 saturated heterocycles. The maximum Gasteiger partial charge on any atom is 0.259 e. The summed E-state index contributed by atoms with van der Waals surface area (Å²) in [7, 11) is 1.65. The largest absolute Gasteiger partial charge is 0.539 e. The fourth-order valence-corrected chi connectivity index (χ4v) is 2.46. The monoisotopic (exact) mass is 323 g/mol. The zero-order valence-electron chi connectivity index (χ0n) is 13.5. The number of rotatable bonds is 4. The number of hydrogen-bond acceptors (Lipinski definition) is 4. The van der Waals surface area contributed by atoms with E-state index in [-0.39, 0.29) is 12.5 Å². The Hall–Kier alpha value is -3.15. The molecule has 0 atom stereocenters. The zero-order valence-corrected chi connectivity index (χ0v) is 13.5. The minimum Gasteiger partial charge on any atom is -0.539 e. The number of aromatic nitrogens is 2. The SMILES string of the molecule is Cc1cccc(C(=O)N(C)Cc2c([O-])on[n+]2-c2ccccc2)c1. The highest BCUT2D eigenvalue weighted by molar-refractivity contribution is 5.94. The first-order valence-corrected chi connectivity index (χ1v) is 7.51. The number of carbonyl (C=O) groups is 1. The molecule has 0 bridgehead atoms. The molecule has 3 aromatic rings. The lowest BCUT2D eigenvalue weighted by atomic mass is 10.1. The summed E-state index contributed by atoms with van der Waals surface area (Å²) in [6.45, 7) is 2.03. The van der Waals surface area contributed by atoms with Crippen LogP contribution in [0.4, 0.5) is 0 Å². The number of amides is 1. The lowest BCUT2D eigenvalue weighted by Gasteiger charge is -2.15. The normalized spacial score (nSPS) is 10.6. The van der Waals surface area contributed by atoms with Crippen LogP contribution in [0.15, 0.2) is 59.1 Å². The predicted octanol–water partition coefficient (Wildman–Crippen LogP) is 1.61. The Labute approximate surface area is 139 Å². The van der Waals surface area contributed by atoms with Crippen LogP contribution in [-0.2, 0) is 6.54 Å². The van der Waals surface area contributed by atoms with E-state index in [9.17, 15) is 9.90 Å². The van der Waals surface area contributed by atoms with Crippen molar-refractivity contribution in [2.45, 2.75) is 13.5 Å². The van der Waals surface area contributed by atoms with E-state index >= 15 is 0 Å². The van der Waals surface area contributed by atoms with Gasteiger partial charge in [0.2, 0.25) is 5.69 Å². The Bertz CT molecular complexity index is 859. The third-order valence-corrected chi connectivity index (χ3v) is 3.70. The fraction of sp³-hybridized carbons (Fsp3) is 0.167. The lowest BCUT2D eigenvalue weighted by molar-refractivity contribution is -0.678. The molecule has 1 amide bonds. The Morgan fingerprint density at radius 1 is 1.21 bits per heavy atom. The summed E-state index contributed by atoms with van der Waals surface area (Å²) in [4.78, 5) is 14.0. The van der Waals surface area contributed by atoms with E-state index in [1.54, 1.807) is 13.1 Å². The second-order valence-electron chi connectivity index (χ2n) is 5.59. The molecule has 6 nitrogen and oxygen atoms in total. The summed E-state index contributed by atoms with van der Waals surface area (Å²) in [6, 6.07) is 16.5. The fourth-order valence-electron chi connectivity index (χ4n) is 2.46. The molecule has 0 aliphatic rings. The van der Waals surface area contributed by atoms with Gasteiger partial charge in [0.1, 0.15) is 6.54 Å². The Kier molecular flexibility index (Phi) is 4.29. The third-order valence-electron chi connectivity index (χ3n) is 3.70. The van der Waals surface area contributed by atoms with Crippen molar-refractivity contribution in [3.05, 3.63) is 71.4 Å². The quantitative estimate of drug-likeness (QED) is 0.684. The van der Waals surface area contributed by atoms with Gasteiger partial charge in [0.15, 0.2) is 5.95 Å². The van der Waals surface area contributed by atoms with Gasteiger partial charge in [-0.3, -0.25) is 4.79 Å². The van der Waals surface area contributed by atoms with Crippen molar-refractivity contribution in [1.82, 2.24) is 10.2 Å². The van der Waals surface area contributed by atoms with Crippen LogP contribution in [0.2, 0.25) is 0 Å². The molecule has 1 heterocycles. The summed E-state index contributed by atoms with van der Waals surface area (Å²) in [5, 5.41) is 15.8. The molecule has 2 aromatic carbocycles. The smallest absolute Gasteiger partial charge is 0.259 e. The summed E-state index contributed by atoms with van der Waals surface area (Å²) in [5.74, 6) is -0.721. The molecule has 0 radical (unpaired) electrons. The Morgan fingerprint density at radius 3 is 2.67 bits per heavy atom. The number of carbonyl (C=O) groups excluding carboxylic acids is 1. The van der Waals surface area contributed by atoms with Gasteiger partial charge >= 0.3 is 0 Å². The van der Waals surface area contributed by atoms with Gasteiger partial charge in [-0.2, -0.15) is 0 Å². The first kappa shape index (κ1) is 15.7. The van der Waals surface area contributed by atoms with Gasteiger partial charge in [0.25, 0.3) is 11.6 Å². The van der Waals surface area contributed by atoms with E-state index in [2.05, 4.69) is 5.27 Å². The number of hydrogen-bond donors (Lipinski definition) is 0. The number of nitrogens with zero attached hydrogens (tertiary/aromatic N) is 3. The molecule has 0 unspecified atom stereocenters. The summed E-state index contributed by atoms with van der Waals surface area (Å²) >= 11 is 0. The lowest BCUT2D eigenvalue weighted by Crippen LogP contribution is -2.40. The van der Waals surface area contributed by atoms with Gasteiger partial charge in [-0.1, -0.05) is 35.9 Å². The summed E-state index contributed by atoms with van der Waals surface area (Å²) in [6.07, 6.45) is 0. The van der Waals surface area contributed by atoms with Gasteiger partial charge in [0, 0.05) is 24.7 Å². The number of benzene rings is 2. The molecule has 0 spiro atoms. The average molecular weight is 323 g/mol. The van der Waals surface area contributed by atoms with E-state index in [1.165, 1.54) is 9.58 Å². The van der Waals surface area contributed by atoms with Crippen LogP contribution in [0.25, 0.3) is 5.69 Å². The maximum absolute atomic E-state index is 12.5. The van der Waals surface area contributed by atoms with Crippen molar-refractivity contribution in [1.29, 1.82) is 0 Å². The molecule has 3 rings (SSSR count).